The van der Waals surface area contributed by atoms with Gasteiger partial charge in [0.15, 0.2) is 0 Å². The van der Waals surface area contributed by atoms with Crippen LogP contribution >= 0.6 is 0 Å². The van der Waals surface area contributed by atoms with E-state index in [0.717, 1.165) is 25.7 Å². The highest BCUT2D eigenvalue weighted by atomic mass is 32.2. The van der Waals surface area contributed by atoms with Crippen LogP contribution in [0, 0.1) is 11.3 Å². The smallest absolute Gasteiger partial charge is 0.255 e. The summed E-state index contributed by atoms with van der Waals surface area (Å²) in [6.07, 6.45) is 3.90. The molecule has 0 spiro atoms. The van der Waals surface area contributed by atoms with E-state index < -0.39 is 10.0 Å². The molecule has 0 bridgehead atoms. The molecule has 6 nitrogen and oxygen atoms in total. The number of nitrogens with zero attached hydrogens (tertiary/aromatic N) is 2. The quantitative estimate of drug-likeness (QED) is 0.876. The molecule has 3 rings (SSSR count). The summed E-state index contributed by atoms with van der Waals surface area (Å²) in [5.74, 6) is -0.317. The Morgan fingerprint density at radius 1 is 0.926 bits per heavy atom. The zero-order valence-electron chi connectivity index (χ0n) is 14.9. The number of hydrogen-bond acceptors (Lipinski definition) is 4. The van der Waals surface area contributed by atoms with E-state index in [1.54, 1.807) is 40.7 Å². The third kappa shape index (κ3) is 4.54. The van der Waals surface area contributed by atoms with Gasteiger partial charge in [-0.2, -0.15) is 9.57 Å². The van der Waals surface area contributed by atoms with Gasteiger partial charge in [0.2, 0.25) is 10.0 Å². The van der Waals surface area contributed by atoms with Crippen molar-refractivity contribution in [2.75, 3.05) is 18.4 Å². The van der Waals surface area contributed by atoms with Crippen molar-refractivity contribution in [1.82, 2.24) is 4.31 Å². The standard InChI is InChI=1S/C20H21N3O3S/c21-15-16-5-7-17(8-6-16)20(24)22-18-9-11-19(12-10-18)27(25,26)23-13-3-1-2-4-14-23/h5-12H,1-4,13-14H2,(H,22,24). The fourth-order valence-electron chi connectivity index (χ4n) is 3.04. The van der Waals surface area contributed by atoms with Crippen molar-refractivity contribution in [3.63, 3.8) is 0 Å². The maximum Gasteiger partial charge on any atom is 0.255 e. The molecule has 2 aromatic carbocycles. The SMILES string of the molecule is N#Cc1ccc(C(=O)Nc2ccc(S(=O)(=O)N3CCCCCC3)cc2)cc1. The molecule has 1 N–H and O–H groups in total. The Balaban J connectivity index is 1.70. The molecule has 7 heteroatoms. The number of rotatable bonds is 4. The third-order valence-corrected chi connectivity index (χ3v) is 6.50. The van der Waals surface area contributed by atoms with Crippen molar-refractivity contribution >= 4 is 21.6 Å². The molecule has 0 unspecified atom stereocenters. The summed E-state index contributed by atoms with van der Waals surface area (Å²) in [5, 5.41) is 11.5. The molecule has 0 atom stereocenters. The van der Waals surface area contributed by atoms with E-state index >= 15 is 0 Å². The van der Waals surface area contributed by atoms with Gasteiger partial charge in [0.25, 0.3) is 5.91 Å². The number of sulfonamides is 1. The highest BCUT2D eigenvalue weighted by molar-refractivity contribution is 7.89. The molecule has 1 aliphatic rings. The Hall–Kier alpha value is -2.69. The lowest BCUT2D eigenvalue weighted by Gasteiger charge is -2.20. The van der Waals surface area contributed by atoms with Crippen molar-refractivity contribution in [3.8, 4) is 6.07 Å². The first kappa shape index (κ1) is 19.1. The summed E-state index contributed by atoms with van der Waals surface area (Å²) < 4.78 is 27.1. The normalized spacial score (nSPS) is 15.5. The van der Waals surface area contributed by atoms with Crippen LogP contribution in [-0.4, -0.2) is 31.7 Å². The third-order valence-electron chi connectivity index (χ3n) is 4.59. The first-order valence-corrected chi connectivity index (χ1v) is 10.4. The highest BCUT2D eigenvalue weighted by Crippen LogP contribution is 2.22. The van der Waals surface area contributed by atoms with Crippen LogP contribution in [0.2, 0.25) is 0 Å². The molecule has 0 saturated carbocycles. The van der Waals surface area contributed by atoms with Gasteiger partial charge in [0.05, 0.1) is 16.5 Å². The lowest BCUT2D eigenvalue weighted by atomic mass is 10.1. The van der Waals surface area contributed by atoms with Crippen LogP contribution in [-0.2, 0) is 10.0 Å². The number of hydrogen-bond donors (Lipinski definition) is 1. The van der Waals surface area contributed by atoms with Crippen LogP contribution in [0.5, 0.6) is 0 Å². The van der Waals surface area contributed by atoms with Gasteiger partial charge in [-0.1, -0.05) is 12.8 Å². The molecule has 140 valence electrons. The van der Waals surface area contributed by atoms with Crippen LogP contribution in [0.25, 0.3) is 0 Å². The van der Waals surface area contributed by atoms with Crippen molar-refractivity contribution < 1.29 is 13.2 Å². The fourth-order valence-corrected chi connectivity index (χ4v) is 4.56. The Kier molecular flexibility index (Phi) is 5.89. The zero-order valence-corrected chi connectivity index (χ0v) is 15.7. The second-order valence-electron chi connectivity index (χ2n) is 6.49. The average molecular weight is 383 g/mol. The van der Waals surface area contributed by atoms with Gasteiger partial charge in [0.1, 0.15) is 0 Å². The van der Waals surface area contributed by atoms with Gasteiger partial charge in [-0.25, -0.2) is 8.42 Å². The van der Waals surface area contributed by atoms with Gasteiger partial charge in [-0.15, -0.1) is 0 Å². The van der Waals surface area contributed by atoms with Gasteiger partial charge < -0.3 is 5.32 Å². The molecule has 1 amide bonds. The maximum atomic E-state index is 12.8. The van der Waals surface area contributed by atoms with Gasteiger partial charge in [-0.05, 0) is 61.4 Å². The van der Waals surface area contributed by atoms with E-state index in [0.29, 0.717) is 29.9 Å². The molecule has 1 fully saturated rings. The van der Waals surface area contributed by atoms with E-state index in [4.69, 9.17) is 5.26 Å². The summed E-state index contributed by atoms with van der Waals surface area (Å²) in [5.41, 5.74) is 1.42. The number of carbonyl (C=O) groups is 1. The Bertz CT molecular complexity index is 937. The maximum absolute atomic E-state index is 12.8. The predicted octanol–water partition coefficient (Wildman–Crippen LogP) is 3.38. The minimum Gasteiger partial charge on any atom is -0.322 e. The zero-order chi connectivity index (χ0) is 19.3. The largest absolute Gasteiger partial charge is 0.322 e. The summed E-state index contributed by atoms with van der Waals surface area (Å²) in [4.78, 5) is 12.5. The molecule has 2 aromatic rings. The summed E-state index contributed by atoms with van der Waals surface area (Å²) in [7, 11) is -3.50. The topological polar surface area (TPSA) is 90.3 Å². The summed E-state index contributed by atoms with van der Waals surface area (Å²) >= 11 is 0. The van der Waals surface area contributed by atoms with Gasteiger partial charge in [-0.3, -0.25) is 4.79 Å². The van der Waals surface area contributed by atoms with Crippen LogP contribution < -0.4 is 5.32 Å². The fraction of sp³-hybridized carbons (Fsp3) is 0.300. The minimum absolute atomic E-state index is 0.237. The molecule has 1 saturated heterocycles. The van der Waals surface area contributed by atoms with Gasteiger partial charge in [0, 0.05) is 24.3 Å². The molecular formula is C20H21N3O3S. The monoisotopic (exact) mass is 383 g/mol. The summed E-state index contributed by atoms with van der Waals surface area (Å²) in [6.45, 7) is 1.11. The molecule has 27 heavy (non-hydrogen) atoms. The summed E-state index contributed by atoms with van der Waals surface area (Å²) in [6, 6.07) is 14.5. The first-order chi connectivity index (χ1) is 13.0. The van der Waals surface area contributed by atoms with E-state index in [-0.39, 0.29) is 10.8 Å². The molecule has 0 aromatic heterocycles. The number of amides is 1. The number of benzene rings is 2. The Morgan fingerprint density at radius 2 is 1.52 bits per heavy atom. The Morgan fingerprint density at radius 3 is 2.07 bits per heavy atom. The van der Waals surface area contributed by atoms with Crippen LogP contribution in [0.1, 0.15) is 41.6 Å². The minimum atomic E-state index is -3.50. The van der Waals surface area contributed by atoms with Gasteiger partial charge >= 0.3 is 0 Å². The van der Waals surface area contributed by atoms with Crippen molar-refractivity contribution in [1.29, 1.82) is 5.26 Å². The second kappa shape index (κ2) is 8.33. The average Bonchev–Trinajstić information content (AvgIpc) is 2.98. The van der Waals surface area contributed by atoms with Crippen LogP contribution in [0.4, 0.5) is 5.69 Å². The predicted molar refractivity (Wildman–Crippen MR) is 103 cm³/mol. The molecule has 0 aliphatic carbocycles. The number of anilines is 1. The molecule has 1 heterocycles. The number of nitrogens with one attached hydrogen (secondary N) is 1. The van der Waals surface area contributed by atoms with E-state index in [1.807, 2.05) is 6.07 Å². The van der Waals surface area contributed by atoms with Crippen LogP contribution in [0.15, 0.2) is 53.4 Å². The lowest BCUT2D eigenvalue weighted by molar-refractivity contribution is 0.102. The van der Waals surface area contributed by atoms with Crippen molar-refractivity contribution in [2.45, 2.75) is 30.6 Å². The number of carbonyl (C=O) groups excluding carboxylic acids is 1. The van der Waals surface area contributed by atoms with E-state index in [9.17, 15) is 13.2 Å². The van der Waals surface area contributed by atoms with E-state index in [1.165, 1.54) is 12.1 Å². The molecule has 0 radical (unpaired) electrons. The number of nitriles is 1. The molecule has 1 aliphatic heterocycles. The van der Waals surface area contributed by atoms with Crippen LogP contribution in [0.3, 0.4) is 0 Å². The first-order valence-electron chi connectivity index (χ1n) is 8.92. The highest BCUT2D eigenvalue weighted by Gasteiger charge is 2.24. The van der Waals surface area contributed by atoms with Crippen molar-refractivity contribution in [3.05, 3.63) is 59.7 Å². The lowest BCUT2D eigenvalue weighted by Crippen LogP contribution is -2.31. The second-order valence-corrected chi connectivity index (χ2v) is 8.42. The van der Waals surface area contributed by atoms with E-state index in [2.05, 4.69) is 5.32 Å². The molecular weight excluding hydrogens is 362 g/mol. The Labute approximate surface area is 159 Å². The van der Waals surface area contributed by atoms with Crippen molar-refractivity contribution in [2.24, 2.45) is 0 Å².